The van der Waals surface area contributed by atoms with E-state index in [1.807, 2.05) is 74.5 Å². The van der Waals surface area contributed by atoms with Crippen LogP contribution in [0, 0.1) is 5.92 Å². The Morgan fingerprint density at radius 1 is 0.879 bits per heavy atom. The third-order valence-electron chi connectivity index (χ3n) is 5.16. The molecule has 2 aromatic rings. The molecule has 0 aliphatic rings. The van der Waals surface area contributed by atoms with Crippen molar-refractivity contribution in [3.05, 3.63) is 71.8 Å². The largest absolute Gasteiger partial charge is 0.444 e. The van der Waals surface area contributed by atoms with Crippen molar-refractivity contribution in [1.29, 1.82) is 0 Å². The summed E-state index contributed by atoms with van der Waals surface area (Å²) in [4.78, 5) is 37.8. The quantitative estimate of drug-likeness (QED) is 0.536. The number of hydrogen-bond acceptors (Lipinski definition) is 4. The fourth-order valence-electron chi connectivity index (χ4n) is 3.28. The van der Waals surface area contributed by atoms with Crippen LogP contribution in [0.2, 0.25) is 0 Å². The van der Waals surface area contributed by atoms with Crippen molar-refractivity contribution in [2.75, 3.05) is 6.54 Å². The Morgan fingerprint density at radius 2 is 1.39 bits per heavy atom. The molecule has 3 amide bonds. The predicted octanol–water partition coefficient (Wildman–Crippen LogP) is 3.95. The number of nitrogens with one attached hydrogen (secondary N) is 3. The maximum Gasteiger partial charge on any atom is 0.408 e. The second-order valence-electron chi connectivity index (χ2n) is 9.05. The number of alkyl carbamates (subject to hydrolysis) is 1. The summed E-state index contributed by atoms with van der Waals surface area (Å²) < 4.78 is 5.28. The van der Waals surface area contributed by atoms with Crippen LogP contribution in [0.15, 0.2) is 60.7 Å². The van der Waals surface area contributed by atoms with E-state index in [-0.39, 0.29) is 24.4 Å². The monoisotopic (exact) mass is 453 g/mol. The van der Waals surface area contributed by atoms with Crippen LogP contribution in [0.3, 0.4) is 0 Å². The molecule has 2 rings (SSSR count). The summed E-state index contributed by atoms with van der Waals surface area (Å²) in [6.07, 6.45) is 0.00471. The zero-order valence-corrected chi connectivity index (χ0v) is 20.1. The maximum absolute atomic E-state index is 12.8. The molecule has 2 atom stereocenters. The number of rotatable bonds is 9. The van der Waals surface area contributed by atoms with Crippen molar-refractivity contribution < 1.29 is 19.1 Å². The fraction of sp³-hybridized carbons (Fsp3) is 0.423. The van der Waals surface area contributed by atoms with Crippen LogP contribution in [0.1, 0.15) is 58.2 Å². The van der Waals surface area contributed by atoms with Gasteiger partial charge in [0.05, 0.1) is 12.6 Å². The Kier molecular flexibility index (Phi) is 9.45. The number of carbonyl (C=O) groups is 3. The normalized spacial score (nSPS) is 13.0. The van der Waals surface area contributed by atoms with E-state index in [4.69, 9.17) is 4.74 Å². The van der Waals surface area contributed by atoms with Gasteiger partial charge in [0.15, 0.2) is 0 Å². The highest BCUT2D eigenvalue weighted by Gasteiger charge is 2.28. The Hall–Kier alpha value is -3.35. The lowest BCUT2D eigenvalue weighted by Crippen LogP contribution is -2.52. The molecule has 0 bridgehead atoms. The van der Waals surface area contributed by atoms with Gasteiger partial charge in [-0.2, -0.15) is 0 Å². The molecule has 0 heterocycles. The Labute approximate surface area is 196 Å². The van der Waals surface area contributed by atoms with Gasteiger partial charge in [0, 0.05) is 0 Å². The summed E-state index contributed by atoms with van der Waals surface area (Å²) in [6.45, 7) is 8.85. The standard InChI is InChI=1S/C26H35N3O4/c1-6-18(2)22(29-25(32)33-26(3,4)5)24(31)27-17-21(30)28-23(19-13-9-7-10-14-19)20-15-11-8-12-16-20/h7-16,18,22-23H,6,17H2,1-5H3,(H,27,31)(H,28,30)(H,29,32). The van der Waals surface area contributed by atoms with Gasteiger partial charge in [-0.25, -0.2) is 4.79 Å². The number of benzene rings is 2. The van der Waals surface area contributed by atoms with E-state index in [9.17, 15) is 14.4 Å². The Balaban J connectivity index is 2.03. The summed E-state index contributed by atoms with van der Waals surface area (Å²) in [5.41, 5.74) is 1.20. The molecule has 178 valence electrons. The van der Waals surface area contributed by atoms with Crippen molar-refractivity contribution >= 4 is 17.9 Å². The average molecular weight is 454 g/mol. The molecule has 7 heteroatoms. The molecule has 7 nitrogen and oxygen atoms in total. The van der Waals surface area contributed by atoms with Crippen LogP contribution >= 0.6 is 0 Å². The Bertz CT molecular complexity index is 871. The number of amides is 3. The van der Waals surface area contributed by atoms with E-state index in [2.05, 4.69) is 16.0 Å². The zero-order chi connectivity index (χ0) is 24.4. The molecule has 0 aliphatic heterocycles. The van der Waals surface area contributed by atoms with Gasteiger partial charge in [0.2, 0.25) is 11.8 Å². The van der Waals surface area contributed by atoms with Gasteiger partial charge < -0.3 is 20.7 Å². The summed E-state index contributed by atoms with van der Waals surface area (Å²) in [5.74, 6) is -0.899. The fourth-order valence-corrected chi connectivity index (χ4v) is 3.28. The van der Waals surface area contributed by atoms with Crippen molar-refractivity contribution in [2.45, 2.75) is 58.7 Å². The van der Waals surface area contributed by atoms with Crippen LogP contribution < -0.4 is 16.0 Å². The van der Waals surface area contributed by atoms with Crippen LogP contribution in [-0.2, 0) is 14.3 Å². The zero-order valence-electron chi connectivity index (χ0n) is 20.1. The summed E-state index contributed by atoms with van der Waals surface area (Å²) in [5, 5.41) is 8.28. The summed E-state index contributed by atoms with van der Waals surface area (Å²) >= 11 is 0. The molecule has 0 saturated carbocycles. The lowest BCUT2D eigenvalue weighted by atomic mass is 9.98. The van der Waals surface area contributed by atoms with E-state index >= 15 is 0 Å². The molecule has 2 unspecified atom stereocenters. The van der Waals surface area contributed by atoms with Gasteiger partial charge in [0.25, 0.3) is 0 Å². The third kappa shape index (κ3) is 8.60. The minimum Gasteiger partial charge on any atom is -0.444 e. The first kappa shape index (κ1) is 25.9. The molecule has 33 heavy (non-hydrogen) atoms. The smallest absolute Gasteiger partial charge is 0.408 e. The molecular formula is C26H35N3O4. The molecule has 2 aromatic carbocycles. The summed E-state index contributed by atoms with van der Waals surface area (Å²) in [6, 6.07) is 18.1. The van der Waals surface area contributed by atoms with Gasteiger partial charge in [-0.05, 0) is 37.8 Å². The van der Waals surface area contributed by atoms with Crippen molar-refractivity contribution in [3.63, 3.8) is 0 Å². The lowest BCUT2D eigenvalue weighted by Gasteiger charge is -2.26. The number of carbonyl (C=O) groups excluding carboxylic acids is 3. The molecule has 0 aromatic heterocycles. The maximum atomic E-state index is 12.8. The van der Waals surface area contributed by atoms with E-state index in [0.29, 0.717) is 6.42 Å². The van der Waals surface area contributed by atoms with E-state index < -0.39 is 23.6 Å². The second-order valence-corrected chi connectivity index (χ2v) is 9.05. The third-order valence-corrected chi connectivity index (χ3v) is 5.16. The van der Waals surface area contributed by atoms with E-state index in [1.165, 1.54) is 0 Å². The van der Waals surface area contributed by atoms with Crippen molar-refractivity contribution in [2.24, 2.45) is 5.92 Å². The molecule has 0 radical (unpaired) electrons. The van der Waals surface area contributed by atoms with Crippen LogP contribution in [-0.4, -0.2) is 36.1 Å². The molecule has 0 spiro atoms. The molecule has 0 aliphatic carbocycles. The molecule has 0 fully saturated rings. The second kappa shape index (κ2) is 12.0. The first-order valence-corrected chi connectivity index (χ1v) is 11.3. The van der Waals surface area contributed by atoms with Crippen LogP contribution in [0.25, 0.3) is 0 Å². The molecular weight excluding hydrogens is 418 g/mol. The van der Waals surface area contributed by atoms with E-state index in [0.717, 1.165) is 11.1 Å². The summed E-state index contributed by atoms with van der Waals surface area (Å²) in [7, 11) is 0. The lowest BCUT2D eigenvalue weighted by molar-refractivity contribution is -0.128. The predicted molar refractivity (Wildman–Crippen MR) is 128 cm³/mol. The van der Waals surface area contributed by atoms with Gasteiger partial charge in [0.1, 0.15) is 11.6 Å². The van der Waals surface area contributed by atoms with Crippen LogP contribution in [0.4, 0.5) is 4.79 Å². The SMILES string of the molecule is CCC(C)C(NC(=O)OC(C)(C)C)C(=O)NCC(=O)NC(c1ccccc1)c1ccccc1. The average Bonchev–Trinajstić information content (AvgIpc) is 2.79. The van der Waals surface area contributed by atoms with Crippen molar-refractivity contribution in [1.82, 2.24) is 16.0 Å². The topological polar surface area (TPSA) is 96.5 Å². The minimum atomic E-state index is -0.809. The van der Waals surface area contributed by atoms with E-state index in [1.54, 1.807) is 20.8 Å². The van der Waals surface area contributed by atoms with Gasteiger partial charge in [-0.15, -0.1) is 0 Å². The first-order valence-electron chi connectivity index (χ1n) is 11.3. The number of hydrogen-bond donors (Lipinski definition) is 3. The van der Waals surface area contributed by atoms with Gasteiger partial charge >= 0.3 is 6.09 Å². The highest BCUT2D eigenvalue weighted by molar-refractivity contribution is 5.89. The molecule has 0 saturated heterocycles. The van der Waals surface area contributed by atoms with Gasteiger partial charge in [-0.1, -0.05) is 80.9 Å². The number of ether oxygens (including phenoxy) is 1. The highest BCUT2D eigenvalue weighted by atomic mass is 16.6. The van der Waals surface area contributed by atoms with Crippen LogP contribution in [0.5, 0.6) is 0 Å². The highest BCUT2D eigenvalue weighted by Crippen LogP contribution is 2.21. The Morgan fingerprint density at radius 3 is 1.85 bits per heavy atom. The van der Waals surface area contributed by atoms with Crippen molar-refractivity contribution in [3.8, 4) is 0 Å². The minimum absolute atomic E-state index is 0.137. The van der Waals surface area contributed by atoms with Gasteiger partial charge in [-0.3, -0.25) is 9.59 Å². The molecule has 3 N–H and O–H groups in total. The first-order chi connectivity index (χ1) is 15.6.